The first-order chi connectivity index (χ1) is 15.1. The summed E-state index contributed by atoms with van der Waals surface area (Å²) in [6, 6.07) is 14.5. The molecule has 1 heterocycles. The molecule has 0 radical (unpaired) electrons. The molecule has 1 saturated heterocycles. The molecule has 1 atom stereocenters. The Hall–Kier alpha value is -3.22. The molecule has 7 nitrogen and oxygen atoms in total. The fraction of sp³-hybridized carbons (Fsp3) is 0.440. The molecule has 0 bridgehead atoms. The van der Waals surface area contributed by atoms with E-state index in [1.54, 1.807) is 35.0 Å². The summed E-state index contributed by atoms with van der Waals surface area (Å²) < 4.78 is 11.4. The zero-order valence-electron chi connectivity index (χ0n) is 19.2. The van der Waals surface area contributed by atoms with Crippen LogP contribution in [0.5, 0.6) is 11.5 Å². The van der Waals surface area contributed by atoms with Crippen molar-refractivity contribution in [3.8, 4) is 11.5 Å². The van der Waals surface area contributed by atoms with E-state index in [4.69, 9.17) is 9.47 Å². The summed E-state index contributed by atoms with van der Waals surface area (Å²) >= 11 is 0. The second kappa shape index (κ2) is 9.94. The van der Waals surface area contributed by atoms with Crippen molar-refractivity contribution in [1.29, 1.82) is 0 Å². The lowest BCUT2D eigenvalue weighted by Gasteiger charge is -2.28. The Kier molecular flexibility index (Phi) is 7.28. The van der Waals surface area contributed by atoms with Crippen LogP contribution in [-0.4, -0.2) is 58.7 Å². The maximum absolute atomic E-state index is 13.0. The van der Waals surface area contributed by atoms with Crippen LogP contribution in [0.3, 0.4) is 0 Å². The molecule has 2 aromatic rings. The Morgan fingerprint density at radius 1 is 1.16 bits per heavy atom. The van der Waals surface area contributed by atoms with Gasteiger partial charge in [-0.1, -0.05) is 30.3 Å². The summed E-state index contributed by atoms with van der Waals surface area (Å²) in [6.07, 6.45) is 0.418. The summed E-state index contributed by atoms with van der Waals surface area (Å²) in [5.74, 6) is 0.589. The zero-order chi connectivity index (χ0) is 23.3. The van der Waals surface area contributed by atoms with E-state index < -0.39 is 5.60 Å². The quantitative estimate of drug-likeness (QED) is 0.735. The molecular formula is C25H32N2O5. The number of phenols is 1. The maximum atomic E-state index is 13.0. The van der Waals surface area contributed by atoms with Crippen molar-refractivity contribution in [1.82, 2.24) is 9.80 Å². The number of carbonyl (C=O) groups excluding carboxylic acids is 2. The monoisotopic (exact) mass is 440 g/mol. The summed E-state index contributed by atoms with van der Waals surface area (Å²) in [5.41, 5.74) is 1.09. The highest BCUT2D eigenvalue weighted by Crippen LogP contribution is 2.26. The van der Waals surface area contributed by atoms with Crippen LogP contribution in [-0.2, 0) is 22.6 Å². The Balaban J connectivity index is 1.61. The summed E-state index contributed by atoms with van der Waals surface area (Å²) in [5, 5.41) is 9.93. The number of phenolic OH excluding ortho intramolecular Hbond substituents is 1. The van der Waals surface area contributed by atoms with Crippen molar-refractivity contribution >= 4 is 12.0 Å². The Bertz CT molecular complexity index is 939. The second-order valence-corrected chi connectivity index (χ2v) is 9.12. The first-order valence-corrected chi connectivity index (χ1v) is 10.8. The maximum Gasteiger partial charge on any atom is 0.410 e. The predicted molar refractivity (Wildman–Crippen MR) is 122 cm³/mol. The van der Waals surface area contributed by atoms with Gasteiger partial charge in [-0.15, -0.1) is 0 Å². The van der Waals surface area contributed by atoms with E-state index in [9.17, 15) is 14.7 Å². The van der Waals surface area contributed by atoms with Crippen molar-refractivity contribution in [2.45, 2.75) is 51.9 Å². The van der Waals surface area contributed by atoms with Crippen molar-refractivity contribution in [2.75, 3.05) is 20.1 Å². The number of rotatable bonds is 6. The highest BCUT2D eigenvalue weighted by molar-refractivity contribution is 5.80. The van der Waals surface area contributed by atoms with Crippen molar-refractivity contribution in [3.63, 3.8) is 0 Å². The van der Waals surface area contributed by atoms with E-state index in [2.05, 4.69) is 0 Å². The number of likely N-dealkylation sites (tertiary alicyclic amines) is 1. The van der Waals surface area contributed by atoms with Gasteiger partial charge in [-0.2, -0.15) is 0 Å². The molecular weight excluding hydrogens is 408 g/mol. The van der Waals surface area contributed by atoms with Crippen LogP contribution in [0.25, 0.3) is 0 Å². The Morgan fingerprint density at radius 2 is 1.88 bits per heavy atom. The van der Waals surface area contributed by atoms with Gasteiger partial charge in [0.05, 0.1) is 12.5 Å². The van der Waals surface area contributed by atoms with E-state index in [1.165, 1.54) is 0 Å². The first-order valence-electron chi connectivity index (χ1n) is 10.8. The zero-order valence-corrected chi connectivity index (χ0v) is 19.2. The van der Waals surface area contributed by atoms with E-state index in [1.807, 2.05) is 51.1 Å². The molecule has 0 spiro atoms. The average molecular weight is 441 g/mol. The molecule has 172 valence electrons. The van der Waals surface area contributed by atoms with Crippen molar-refractivity contribution in [3.05, 3.63) is 59.7 Å². The van der Waals surface area contributed by atoms with Gasteiger partial charge in [0.2, 0.25) is 5.91 Å². The highest BCUT2D eigenvalue weighted by Gasteiger charge is 2.33. The SMILES string of the molecule is CN(C(=O)OC(C)(C)C)[C@@H]1CCN(C(=O)Cc2cc(O)ccc2OCc2ccccc2)C1. The Labute approximate surface area is 189 Å². The number of aromatic hydroxyl groups is 1. The minimum atomic E-state index is -0.565. The number of likely N-dealkylation sites (N-methyl/N-ethyl adjacent to an activating group) is 1. The van der Waals surface area contributed by atoms with Gasteiger partial charge in [0.25, 0.3) is 0 Å². The number of hydrogen-bond acceptors (Lipinski definition) is 5. The van der Waals surface area contributed by atoms with E-state index in [0.29, 0.717) is 37.4 Å². The standard InChI is InChI=1S/C25H32N2O5/c1-25(2,3)32-24(30)26(4)20-12-13-27(16-20)23(29)15-19-14-21(28)10-11-22(19)31-17-18-8-6-5-7-9-18/h5-11,14,20,28H,12-13,15-17H2,1-4H3/t20-/m1/s1. The third kappa shape index (κ3) is 6.39. The molecule has 2 amide bonds. The molecule has 2 aromatic carbocycles. The number of nitrogens with zero attached hydrogens (tertiary/aromatic N) is 2. The summed E-state index contributed by atoms with van der Waals surface area (Å²) in [6.45, 7) is 6.88. The van der Waals surface area contributed by atoms with Gasteiger partial charge in [0.1, 0.15) is 23.7 Å². The van der Waals surface area contributed by atoms with Gasteiger partial charge in [0, 0.05) is 25.7 Å². The number of carbonyl (C=O) groups is 2. The van der Waals surface area contributed by atoms with Crippen molar-refractivity contribution < 1.29 is 24.2 Å². The fourth-order valence-electron chi connectivity index (χ4n) is 3.62. The third-order valence-electron chi connectivity index (χ3n) is 5.37. The molecule has 1 N–H and O–H groups in total. The largest absolute Gasteiger partial charge is 0.508 e. The number of benzene rings is 2. The number of hydrogen-bond donors (Lipinski definition) is 1. The van der Waals surface area contributed by atoms with E-state index >= 15 is 0 Å². The van der Waals surface area contributed by atoms with Gasteiger partial charge in [-0.05, 0) is 51.0 Å². The van der Waals surface area contributed by atoms with E-state index in [-0.39, 0.29) is 30.2 Å². The molecule has 0 aromatic heterocycles. The third-order valence-corrected chi connectivity index (χ3v) is 5.37. The average Bonchev–Trinajstić information content (AvgIpc) is 3.22. The van der Waals surface area contributed by atoms with Crippen molar-refractivity contribution in [2.24, 2.45) is 0 Å². The number of amides is 2. The van der Waals surface area contributed by atoms with Crippen LogP contribution >= 0.6 is 0 Å². The van der Waals surface area contributed by atoms with E-state index in [0.717, 1.165) is 5.56 Å². The topological polar surface area (TPSA) is 79.3 Å². The molecule has 3 rings (SSSR count). The molecule has 1 aliphatic heterocycles. The van der Waals surface area contributed by atoms with Crippen LogP contribution in [0.2, 0.25) is 0 Å². The van der Waals surface area contributed by atoms with Crippen LogP contribution in [0, 0.1) is 0 Å². The van der Waals surface area contributed by atoms with Gasteiger partial charge in [-0.3, -0.25) is 4.79 Å². The summed E-state index contributed by atoms with van der Waals surface area (Å²) in [4.78, 5) is 28.6. The van der Waals surface area contributed by atoms with Crippen LogP contribution in [0.1, 0.15) is 38.3 Å². The molecule has 0 saturated carbocycles. The molecule has 7 heteroatoms. The smallest absolute Gasteiger partial charge is 0.410 e. The molecule has 32 heavy (non-hydrogen) atoms. The minimum absolute atomic E-state index is 0.0692. The lowest BCUT2D eigenvalue weighted by Crippen LogP contribution is -2.42. The molecule has 1 aliphatic rings. The second-order valence-electron chi connectivity index (χ2n) is 9.12. The minimum Gasteiger partial charge on any atom is -0.508 e. The normalized spacial score (nSPS) is 16.0. The number of ether oxygens (including phenoxy) is 2. The predicted octanol–water partition coefficient (Wildman–Crippen LogP) is 3.98. The van der Waals surface area contributed by atoms with Crippen LogP contribution in [0.4, 0.5) is 4.79 Å². The lowest BCUT2D eigenvalue weighted by atomic mass is 10.1. The summed E-state index contributed by atoms with van der Waals surface area (Å²) in [7, 11) is 1.71. The molecule has 0 unspecified atom stereocenters. The lowest BCUT2D eigenvalue weighted by molar-refractivity contribution is -0.129. The van der Waals surface area contributed by atoms with Gasteiger partial charge >= 0.3 is 6.09 Å². The van der Waals surface area contributed by atoms with Gasteiger partial charge in [0.15, 0.2) is 0 Å². The molecule has 0 aliphatic carbocycles. The fourth-order valence-corrected chi connectivity index (χ4v) is 3.62. The van der Waals surface area contributed by atoms with Crippen LogP contribution < -0.4 is 4.74 Å². The van der Waals surface area contributed by atoms with Crippen LogP contribution in [0.15, 0.2) is 48.5 Å². The van der Waals surface area contributed by atoms with Gasteiger partial charge in [-0.25, -0.2) is 4.79 Å². The first kappa shape index (κ1) is 23.4. The Morgan fingerprint density at radius 3 is 2.56 bits per heavy atom. The van der Waals surface area contributed by atoms with Gasteiger partial charge < -0.3 is 24.4 Å². The molecule has 1 fully saturated rings. The highest BCUT2D eigenvalue weighted by atomic mass is 16.6.